The maximum absolute atomic E-state index is 14.1. The number of rotatable bonds is 10. The monoisotopic (exact) mass is 944 g/mol. The summed E-state index contributed by atoms with van der Waals surface area (Å²) in [4.78, 5) is 37.4. The number of fused-ring (bicyclic) bond motifs is 2. The molecule has 7 N–H and O–H groups in total. The van der Waals surface area contributed by atoms with Gasteiger partial charge in [0, 0.05) is 78.0 Å². The van der Waals surface area contributed by atoms with Crippen LogP contribution in [0.1, 0.15) is 86.5 Å². The molecule has 2 saturated carbocycles. The number of aromatic nitrogens is 9. The fourth-order valence-electron chi connectivity index (χ4n) is 9.77. The first kappa shape index (κ1) is 44.8. The topological polar surface area (TPSA) is 205 Å². The van der Waals surface area contributed by atoms with Crippen LogP contribution in [-0.4, -0.2) is 91.6 Å². The first-order valence-electron chi connectivity index (χ1n) is 22.1. The molecule has 1 aromatic carbocycles. The fourth-order valence-corrected chi connectivity index (χ4v) is 9.77. The molecule has 3 aliphatic rings. The van der Waals surface area contributed by atoms with Crippen molar-refractivity contribution in [1.82, 2.24) is 44.5 Å². The van der Waals surface area contributed by atoms with Gasteiger partial charge < -0.3 is 30.9 Å². The van der Waals surface area contributed by atoms with E-state index in [9.17, 15) is 41.0 Å². The number of hydrogen-bond donors (Lipinski definition) is 6. The smallest absolute Gasteiger partial charge is 0.380 e. The number of aryl methyl sites for hydroxylation is 1. The quantitative estimate of drug-likeness (QED) is 0.0579. The van der Waals surface area contributed by atoms with Crippen LogP contribution >= 0.6 is 0 Å². The lowest BCUT2D eigenvalue weighted by molar-refractivity contribution is -0.744. The number of primary amides is 1. The number of alkyl halides is 6. The van der Waals surface area contributed by atoms with E-state index in [0.717, 1.165) is 15.5 Å². The number of benzene rings is 1. The molecule has 3 atom stereocenters. The van der Waals surface area contributed by atoms with Gasteiger partial charge in [0.2, 0.25) is 5.91 Å². The molecule has 0 radical (unpaired) electrons. The van der Waals surface area contributed by atoms with E-state index in [2.05, 4.69) is 56.8 Å². The Labute approximate surface area is 383 Å². The first-order valence-corrected chi connectivity index (χ1v) is 22.1. The first-order chi connectivity index (χ1) is 32.0. The second kappa shape index (κ2) is 15.5. The van der Waals surface area contributed by atoms with Gasteiger partial charge in [-0.3, -0.25) is 19.6 Å². The molecular weight excluding hydrogens is 897 g/mol. The van der Waals surface area contributed by atoms with E-state index in [-0.39, 0.29) is 53.2 Å². The second-order valence-corrected chi connectivity index (χ2v) is 19.6. The standard InChI is InChI=1S/C46H47F6N13O3/c1-24-11-26-16-55-32(15-35(26)62(24)23-45(47,48)49)39-34(60-41(67)63-10-9-44(68,46(50,51)52)21-43(63)7-8-43)20-58-65(39)37-13-29(37)28-12-25(40(53)66)5-6-30(28)59-33-19-56-61-38(33)31-14-36-27(17-54-31)18-57-64(36)22-42(2,3)4/h5-6,11-12,14-20,29,37,68H,7-10,13,21-23H2,1-4H3,(H5,53,54,55,56,57,58,59,60,61,66,67)/p+1. The third-order valence-corrected chi connectivity index (χ3v) is 13.3. The van der Waals surface area contributed by atoms with Crippen LogP contribution in [0.25, 0.3) is 44.6 Å². The molecular formula is C46H48F6N13O3+. The van der Waals surface area contributed by atoms with E-state index >= 15 is 0 Å². The number of anilines is 3. The Morgan fingerprint density at radius 3 is 2.35 bits per heavy atom. The number of aliphatic hydroxyl groups is 1. The van der Waals surface area contributed by atoms with Crippen molar-refractivity contribution in [2.75, 3.05) is 17.2 Å². The molecule has 2 aliphatic carbocycles. The summed E-state index contributed by atoms with van der Waals surface area (Å²) in [6.45, 7) is 6.99. The Morgan fingerprint density at radius 1 is 0.912 bits per heavy atom. The van der Waals surface area contributed by atoms with E-state index in [1.165, 1.54) is 23.4 Å². The molecule has 3 amide bonds. The van der Waals surface area contributed by atoms with Crippen molar-refractivity contribution in [1.29, 1.82) is 0 Å². The molecule has 3 fully saturated rings. The van der Waals surface area contributed by atoms with Crippen molar-refractivity contribution in [3.63, 3.8) is 0 Å². The van der Waals surface area contributed by atoms with Crippen LogP contribution in [0.5, 0.6) is 0 Å². The minimum atomic E-state index is -4.88. The van der Waals surface area contributed by atoms with E-state index in [1.807, 2.05) is 10.7 Å². The lowest BCUT2D eigenvalue weighted by Gasteiger charge is -2.45. The SMILES string of the molecule is Cc1cc2cnc(-c3c(NC(=O)N4CCC(O)(C(F)(F)F)CC45CC5)c[nH][n+]3C3CC3c3cc(C(N)=O)ccc3Nc3cn[nH]c3-c3cc4c(cn3)cnn4CC(C)(C)C)cc2n1CC(F)(F)F. The second-order valence-electron chi connectivity index (χ2n) is 19.6. The van der Waals surface area contributed by atoms with Crippen LogP contribution < -0.4 is 21.0 Å². The number of amides is 3. The number of likely N-dealkylation sites (tertiary alicyclic amines) is 1. The van der Waals surface area contributed by atoms with Crippen molar-refractivity contribution < 1.29 is 45.7 Å². The maximum Gasteiger partial charge on any atom is 0.417 e. The molecule has 16 nitrogen and oxygen atoms in total. The highest BCUT2D eigenvalue weighted by Gasteiger charge is 2.65. The summed E-state index contributed by atoms with van der Waals surface area (Å²) in [5.74, 6) is -0.965. The molecule has 3 unspecified atom stereocenters. The molecule has 6 aromatic heterocycles. The van der Waals surface area contributed by atoms with Crippen molar-refractivity contribution in [3.8, 4) is 22.8 Å². The predicted octanol–water partition coefficient (Wildman–Crippen LogP) is 8.40. The van der Waals surface area contributed by atoms with Gasteiger partial charge in [-0.25, -0.2) is 9.78 Å². The number of carbonyl (C=O) groups is 2. The third-order valence-electron chi connectivity index (χ3n) is 13.3. The lowest BCUT2D eigenvalue weighted by Crippen LogP contribution is -2.60. The van der Waals surface area contributed by atoms with Gasteiger partial charge in [-0.1, -0.05) is 20.8 Å². The highest BCUT2D eigenvalue weighted by atomic mass is 19.4. The molecule has 68 heavy (non-hydrogen) atoms. The highest BCUT2D eigenvalue weighted by Crippen LogP contribution is 2.56. The predicted molar refractivity (Wildman–Crippen MR) is 238 cm³/mol. The van der Waals surface area contributed by atoms with Gasteiger partial charge in [0.1, 0.15) is 23.6 Å². The number of pyridine rings is 2. The van der Waals surface area contributed by atoms with Crippen LogP contribution in [0.15, 0.2) is 67.4 Å². The van der Waals surface area contributed by atoms with Gasteiger partial charge in [0.05, 0.1) is 46.9 Å². The number of nitrogens with two attached hydrogens (primary N) is 1. The van der Waals surface area contributed by atoms with E-state index < -0.39 is 60.9 Å². The average molecular weight is 945 g/mol. The number of hydrogen-bond acceptors (Lipinski definition) is 8. The van der Waals surface area contributed by atoms with Crippen molar-refractivity contribution in [2.45, 2.75) is 108 Å². The summed E-state index contributed by atoms with van der Waals surface area (Å²) in [6.07, 6.45) is -1.69. The molecule has 7 aromatic rings. The van der Waals surface area contributed by atoms with E-state index in [1.54, 1.807) is 54.5 Å². The fraction of sp³-hybridized carbons (Fsp3) is 0.413. The molecule has 1 saturated heterocycles. The molecule has 10 rings (SSSR count). The zero-order chi connectivity index (χ0) is 48.3. The van der Waals surface area contributed by atoms with Gasteiger partial charge in [0.15, 0.2) is 11.6 Å². The normalized spacial score (nSPS) is 20.4. The zero-order valence-corrected chi connectivity index (χ0v) is 37.3. The molecule has 1 aliphatic heterocycles. The van der Waals surface area contributed by atoms with Gasteiger partial charge in [-0.05, 0) is 67.1 Å². The number of carbonyl (C=O) groups excluding carboxylic acids is 2. The van der Waals surface area contributed by atoms with Crippen LogP contribution in [0.3, 0.4) is 0 Å². The van der Waals surface area contributed by atoms with Crippen LogP contribution in [0, 0.1) is 12.3 Å². The minimum absolute atomic E-state index is 0.0392. The summed E-state index contributed by atoms with van der Waals surface area (Å²) in [5.41, 5.74) is 7.10. The van der Waals surface area contributed by atoms with Gasteiger partial charge in [0.25, 0.3) is 5.69 Å². The molecule has 22 heteroatoms. The summed E-state index contributed by atoms with van der Waals surface area (Å²) in [7, 11) is 0. The molecule has 0 bridgehead atoms. The summed E-state index contributed by atoms with van der Waals surface area (Å²) in [6, 6.07) is 8.97. The van der Waals surface area contributed by atoms with Crippen LogP contribution in [0.4, 0.5) is 48.2 Å². The lowest BCUT2D eigenvalue weighted by atomic mass is 9.84. The summed E-state index contributed by atoms with van der Waals surface area (Å²) >= 11 is 0. The largest absolute Gasteiger partial charge is 0.417 e. The van der Waals surface area contributed by atoms with E-state index in [4.69, 9.17) is 10.7 Å². The number of nitrogens with one attached hydrogen (secondary N) is 4. The van der Waals surface area contributed by atoms with Gasteiger partial charge in [-0.2, -0.15) is 41.6 Å². The van der Waals surface area contributed by atoms with Crippen molar-refractivity contribution in [2.24, 2.45) is 11.1 Å². The summed E-state index contributed by atoms with van der Waals surface area (Å²) < 4.78 is 88.3. The Morgan fingerprint density at radius 2 is 1.65 bits per heavy atom. The zero-order valence-electron chi connectivity index (χ0n) is 37.3. The Hall–Kier alpha value is -6.97. The number of nitrogens with zero attached hydrogens (tertiary/aromatic N) is 8. The maximum atomic E-state index is 14.1. The molecule has 356 valence electrons. The number of aromatic amines is 2. The summed E-state index contributed by atoms with van der Waals surface area (Å²) in [5, 5.41) is 33.4. The number of piperidine rings is 1. The van der Waals surface area contributed by atoms with Gasteiger partial charge >= 0.3 is 18.4 Å². The molecule has 7 heterocycles. The van der Waals surface area contributed by atoms with Crippen molar-refractivity contribution in [3.05, 3.63) is 84.2 Å². The van der Waals surface area contributed by atoms with Crippen LogP contribution in [0.2, 0.25) is 0 Å². The number of urea groups is 1. The molecule has 1 spiro atoms. The highest BCUT2D eigenvalue weighted by molar-refractivity contribution is 5.95. The number of H-pyrrole nitrogens is 2. The number of halogens is 6. The average Bonchev–Trinajstić information content (AvgIpc) is 3.97. The third kappa shape index (κ3) is 8.17. The Kier molecular flexibility index (Phi) is 10.2. The van der Waals surface area contributed by atoms with Gasteiger partial charge in [-0.15, -0.1) is 4.68 Å². The van der Waals surface area contributed by atoms with Crippen molar-refractivity contribution >= 4 is 50.8 Å². The van der Waals surface area contributed by atoms with E-state index in [0.29, 0.717) is 58.1 Å². The Bertz CT molecular complexity index is 3140. The minimum Gasteiger partial charge on any atom is -0.380 e. The van der Waals surface area contributed by atoms with Crippen LogP contribution in [-0.2, 0) is 13.1 Å². The Balaban J connectivity index is 1.01.